The SMILES string of the molecule is CCc1ccc(C(C(=O)NCC(=O)OC)N(C(=O)C(Cc2ccc(O)cc2)NC(=O)OC(C)(C)C)C2CC2)cc1. The van der Waals surface area contributed by atoms with Crippen LogP contribution in [0.4, 0.5) is 4.79 Å². The van der Waals surface area contributed by atoms with Crippen LogP contribution in [-0.2, 0) is 36.7 Å². The zero-order valence-corrected chi connectivity index (χ0v) is 23.7. The average Bonchev–Trinajstić information content (AvgIpc) is 3.75. The number of hydrogen-bond acceptors (Lipinski definition) is 7. The van der Waals surface area contributed by atoms with Crippen LogP contribution in [0, 0.1) is 0 Å². The van der Waals surface area contributed by atoms with E-state index in [0.29, 0.717) is 24.0 Å². The summed E-state index contributed by atoms with van der Waals surface area (Å²) in [5, 5.41) is 15.0. The maximum Gasteiger partial charge on any atom is 0.408 e. The highest BCUT2D eigenvalue weighted by Crippen LogP contribution is 2.36. The van der Waals surface area contributed by atoms with Crippen molar-refractivity contribution in [3.8, 4) is 5.75 Å². The fourth-order valence-corrected chi connectivity index (χ4v) is 4.27. The molecule has 0 aliphatic heterocycles. The number of benzene rings is 2. The Morgan fingerprint density at radius 2 is 1.60 bits per heavy atom. The maximum absolute atomic E-state index is 14.3. The van der Waals surface area contributed by atoms with Crippen molar-refractivity contribution in [3.63, 3.8) is 0 Å². The second-order valence-electron chi connectivity index (χ2n) is 10.8. The van der Waals surface area contributed by atoms with E-state index in [0.717, 1.165) is 12.0 Å². The molecule has 3 N–H and O–H groups in total. The van der Waals surface area contributed by atoms with Gasteiger partial charge in [0.25, 0.3) is 0 Å². The van der Waals surface area contributed by atoms with Crippen molar-refractivity contribution in [2.75, 3.05) is 13.7 Å². The van der Waals surface area contributed by atoms with Gasteiger partial charge >= 0.3 is 12.1 Å². The molecular weight excluding hydrogens is 514 g/mol. The Morgan fingerprint density at radius 1 is 1.00 bits per heavy atom. The number of carbonyl (C=O) groups is 4. The number of hydrogen-bond donors (Lipinski definition) is 3. The maximum atomic E-state index is 14.3. The fraction of sp³-hybridized carbons (Fsp3) is 0.467. The predicted molar refractivity (Wildman–Crippen MR) is 148 cm³/mol. The molecule has 0 bridgehead atoms. The van der Waals surface area contributed by atoms with Gasteiger partial charge in [0.05, 0.1) is 7.11 Å². The van der Waals surface area contributed by atoms with Gasteiger partial charge in [-0.3, -0.25) is 14.4 Å². The molecule has 216 valence electrons. The first-order chi connectivity index (χ1) is 18.9. The number of aryl methyl sites for hydroxylation is 1. The molecule has 1 aliphatic carbocycles. The van der Waals surface area contributed by atoms with Crippen LogP contribution in [0.2, 0.25) is 0 Å². The summed E-state index contributed by atoms with van der Waals surface area (Å²) in [5.41, 5.74) is 1.56. The highest BCUT2D eigenvalue weighted by molar-refractivity contribution is 5.93. The Balaban J connectivity index is 1.99. The molecule has 3 rings (SSSR count). The molecule has 10 heteroatoms. The van der Waals surface area contributed by atoms with Crippen molar-refractivity contribution >= 4 is 23.9 Å². The number of aromatic hydroxyl groups is 1. The largest absolute Gasteiger partial charge is 0.508 e. The van der Waals surface area contributed by atoms with Crippen LogP contribution < -0.4 is 10.6 Å². The third-order valence-electron chi connectivity index (χ3n) is 6.42. The van der Waals surface area contributed by atoms with E-state index in [4.69, 9.17) is 4.74 Å². The first-order valence-corrected chi connectivity index (χ1v) is 13.4. The third-order valence-corrected chi connectivity index (χ3v) is 6.42. The average molecular weight is 554 g/mol. The molecule has 0 saturated heterocycles. The summed E-state index contributed by atoms with van der Waals surface area (Å²) in [5.74, 6) is -1.53. The Kier molecular flexibility index (Phi) is 10.1. The number of phenolic OH excluding ortho intramolecular Hbond substituents is 1. The Morgan fingerprint density at radius 3 is 2.12 bits per heavy atom. The fourth-order valence-electron chi connectivity index (χ4n) is 4.27. The lowest BCUT2D eigenvalue weighted by Crippen LogP contribution is -2.54. The van der Waals surface area contributed by atoms with Crippen LogP contribution in [0.15, 0.2) is 48.5 Å². The number of amides is 3. The molecule has 0 radical (unpaired) electrons. The molecule has 3 amide bonds. The standard InChI is InChI=1S/C30H39N3O7/c1-6-19-7-11-21(12-8-19)26(27(36)31-18-25(35)39-5)33(22-13-14-22)28(37)24(32-29(38)40-30(2,3)4)17-20-9-15-23(34)16-10-20/h7-12,15-16,22,24,26,34H,6,13-14,17-18H2,1-5H3,(H,31,36)(H,32,38). The zero-order chi connectivity index (χ0) is 29.4. The van der Waals surface area contributed by atoms with Crippen molar-refractivity contribution in [1.82, 2.24) is 15.5 Å². The Bertz CT molecular complexity index is 1190. The second-order valence-corrected chi connectivity index (χ2v) is 10.8. The second kappa shape index (κ2) is 13.3. The van der Waals surface area contributed by atoms with E-state index in [9.17, 15) is 24.3 Å². The number of methoxy groups -OCH3 is 1. The highest BCUT2D eigenvalue weighted by atomic mass is 16.6. The molecular formula is C30H39N3O7. The molecule has 0 spiro atoms. The summed E-state index contributed by atoms with van der Waals surface area (Å²) in [4.78, 5) is 53.9. The number of nitrogens with zero attached hydrogens (tertiary/aromatic N) is 1. The van der Waals surface area contributed by atoms with Gasteiger partial charge in [0.15, 0.2) is 0 Å². The summed E-state index contributed by atoms with van der Waals surface area (Å²) >= 11 is 0. The molecule has 2 aromatic rings. The summed E-state index contributed by atoms with van der Waals surface area (Å²) in [7, 11) is 1.23. The number of nitrogens with one attached hydrogen (secondary N) is 2. The minimum absolute atomic E-state index is 0.0733. The zero-order valence-electron chi connectivity index (χ0n) is 23.7. The summed E-state index contributed by atoms with van der Waals surface area (Å²) in [6, 6.07) is 11.4. The van der Waals surface area contributed by atoms with E-state index in [1.807, 2.05) is 19.1 Å². The monoisotopic (exact) mass is 553 g/mol. The lowest BCUT2D eigenvalue weighted by atomic mass is 9.98. The lowest BCUT2D eigenvalue weighted by molar-refractivity contribution is -0.145. The summed E-state index contributed by atoms with van der Waals surface area (Å²) < 4.78 is 10.1. The topological polar surface area (TPSA) is 134 Å². The summed E-state index contributed by atoms with van der Waals surface area (Å²) in [6.07, 6.45) is 1.53. The summed E-state index contributed by atoms with van der Waals surface area (Å²) in [6.45, 7) is 6.84. The normalized spacial score (nSPS) is 14.4. The Hall–Kier alpha value is -4.08. The van der Waals surface area contributed by atoms with E-state index < -0.39 is 41.6 Å². The number of rotatable bonds is 11. The van der Waals surface area contributed by atoms with Crippen molar-refractivity contribution < 1.29 is 33.8 Å². The number of ether oxygens (including phenoxy) is 2. The van der Waals surface area contributed by atoms with Crippen LogP contribution in [0.1, 0.15) is 63.3 Å². The predicted octanol–water partition coefficient (Wildman–Crippen LogP) is 3.41. The number of esters is 1. The Labute approximate surface area is 235 Å². The lowest BCUT2D eigenvalue weighted by Gasteiger charge is -2.34. The van der Waals surface area contributed by atoms with Gasteiger partial charge in [-0.2, -0.15) is 0 Å². The van der Waals surface area contributed by atoms with E-state index in [2.05, 4.69) is 15.4 Å². The number of carbonyl (C=O) groups excluding carboxylic acids is 4. The van der Waals surface area contributed by atoms with Gasteiger partial charge in [0.1, 0.15) is 30.0 Å². The van der Waals surface area contributed by atoms with Crippen LogP contribution >= 0.6 is 0 Å². The molecule has 40 heavy (non-hydrogen) atoms. The van der Waals surface area contributed by atoms with Crippen LogP contribution in [0.3, 0.4) is 0 Å². The molecule has 0 heterocycles. The van der Waals surface area contributed by atoms with E-state index in [1.165, 1.54) is 24.1 Å². The molecule has 0 aromatic heterocycles. The van der Waals surface area contributed by atoms with Crippen molar-refractivity contribution in [2.45, 2.75) is 77.1 Å². The molecule has 1 saturated carbocycles. The van der Waals surface area contributed by atoms with Crippen LogP contribution in [0.25, 0.3) is 0 Å². The van der Waals surface area contributed by atoms with Gasteiger partial charge < -0.3 is 30.1 Å². The first kappa shape index (κ1) is 30.5. The first-order valence-electron chi connectivity index (χ1n) is 13.4. The van der Waals surface area contributed by atoms with Crippen LogP contribution in [-0.4, -0.2) is 65.2 Å². The van der Waals surface area contributed by atoms with Gasteiger partial charge in [-0.05, 0) is 68.9 Å². The molecule has 2 aromatic carbocycles. The van der Waals surface area contributed by atoms with Gasteiger partial charge in [-0.1, -0.05) is 43.3 Å². The molecule has 1 fully saturated rings. The number of alkyl carbamates (subject to hydrolysis) is 1. The van der Waals surface area contributed by atoms with Crippen molar-refractivity contribution in [2.24, 2.45) is 0 Å². The van der Waals surface area contributed by atoms with E-state index in [-0.39, 0.29) is 24.8 Å². The van der Waals surface area contributed by atoms with E-state index in [1.54, 1.807) is 45.0 Å². The smallest absolute Gasteiger partial charge is 0.408 e. The van der Waals surface area contributed by atoms with Gasteiger partial charge in [-0.15, -0.1) is 0 Å². The van der Waals surface area contributed by atoms with Gasteiger partial charge in [0.2, 0.25) is 11.8 Å². The molecule has 2 unspecified atom stereocenters. The van der Waals surface area contributed by atoms with Crippen LogP contribution in [0.5, 0.6) is 5.75 Å². The minimum Gasteiger partial charge on any atom is -0.508 e. The molecule has 2 atom stereocenters. The van der Waals surface area contributed by atoms with Crippen molar-refractivity contribution in [1.29, 1.82) is 0 Å². The number of phenols is 1. The highest BCUT2D eigenvalue weighted by Gasteiger charge is 2.44. The van der Waals surface area contributed by atoms with Crippen molar-refractivity contribution in [3.05, 3.63) is 65.2 Å². The van der Waals surface area contributed by atoms with Gasteiger partial charge in [-0.25, -0.2) is 4.79 Å². The minimum atomic E-state index is -1.06. The van der Waals surface area contributed by atoms with Gasteiger partial charge in [0, 0.05) is 12.5 Å². The quantitative estimate of drug-likeness (QED) is 0.363. The van der Waals surface area contributed by atoms with E-state index >= 15 is 0 Å². The third kappa shape index (κ3) is 8.72. The molecule has 10 nitrogen and oxygen atoms in total. The molecule has 1 aliphatic rings.